The summed E-state index contributed by atoms with van der Waals surface area (Å²) in [6.45, 7) is -0.129. The lowest BCUT2D eigenvalue weighted by Gasteiger charge is -2.13. The first-order valence-corrected chi connectivity index (χ1v) is 8.58. The van der Waals surface area contributed by atoms with Crippen molar-refractivity contribution in [3.63, 3.8) is 0 Å². The lowest BCUT2D eigenvalue weighted by atomic mass is 10.1. The number of ether oxygens (including phenoxy) is 1. The monoisotopic (exact) mass is 389 g/mol. The number of nitrogens with one attached hydrogen (secondary N) is 1. The standard InChI is InChI=1S/C20H18F3N3O2/c21-20(22,23)17-4-1-2-5-18(17)28-14-19(27)24-12-10-15-6-8-16(9-7-15)26-13-3-11-25-26/h1-9,11,13H,10,12,14H2,(H,24,27). The summed E-state index contributed by atoms with van der Waals surface area (Å²) < 4.78 is 45.5. The molecule has 1 N–H and O–H groups in total. The third-order valence-electron chi connectivity index (χ3n) is 3.99. The van der Waals surface area contributed by atoms with E-state index in [2.05, 4.69) is 10.4 Å². The van der Waals surface area contributed by atoms with Crippen LogP contribution in [0.5, 0.6) is 5.75 Å². The van der Waals surface area contributed by atoms with Crippen LogP contribution in [0, 0.1) is 0 Å². The topological polar surface area (TPSA) is 56.1 Å². The Morgan fingerprint density at radius 3 is 2.50 bits per heavy atom. The minimum Gasteiger partial charge on any atom is -0.483 e. The smallest absolute Gasteiger partial charge is 0.419 e. The molecule has 5 nitrogen and oxygen atoms in total. The number of hydrogen-bond acceptors (Lipinski definition) is 3. The Morgan fingerprint density at radius 1 is 1.07 bits per heavy atom. The summed E-state index contributed by atoms with van der Waals surface area (Å²) in [5, 5.41) is 6.78. The molecule has 2 aromatic carbocycles. The van der Waals surface area contributed by atoms with Gasteiger partial charge < -0.3 is 10.1 Å². The molecular weight excluding hydrogens is 371 g/mol. The largest absolute Gasteiger partial charge is 0.483 e. The Kier molecular flexibility index (Phi) is 5.98. The van der Waals surface area contributed by atoms with Crippen molar-refractivity contribution in [2.75, 3.05) is 13.2 Å². The van der Waals surface area contributed by atoms with Crippen molar-refractivity contribution in [2.24, 2.45) is 0 Å². The summed E-state index contributed by atoms with van der Waals surface area (Å²) in [5.41, 5.74) is 1.04. The lowest BCUT2D eigenvalue weighted by molar-refractivity contribution is -0.139. The van der Waals surface area contributed by atoms with Crippen molar-refractivity contribution in [1.82, 2.24) is 15.1 Å². The number of benzene rings is 2. The molecule has 8 heteroatoms. The van der Waals surface area contributed by atoms with Crippen LogP contribution in [0.1, 0.15) is 11.1 Å². The minimum absolute atomic E-state index is 0.351. The molecule has 0 atom stereocenters. The third kappa shape index (κ3) is 5.12. The van der Waals surface area contributed by atoms with E-state index in [1.165, 1.54) is 18.2 Å². The molecule has 0 spiro atoms. The molecule has 0 fully saturated rings. The van der Waals surface area contributed by atoms with Gasteiger partial charge in [0, 0.05) is 18.9 Å². The molecule has 0 unspecified atom stereocenters. The van der Waals surface area contributed by atoms with Gasteiger partial charge in [0.15, 0.2) is 6.61 Å². The van der Waals surface area contributed by atoms with E-state index in [1.54, 1.807) is 10.9 Å². The second-order valence-electron chi connectivity index (χ2n) is 6.00. The number of amides is 1. The van der Waals surface area contributed by atoms with Crippen molar-refractivity contribution in [3.8, 4) is 11.4 Å². The SMILES string of the molecule is O=C(COc1ccccc1C(F)(F)F)NCCc1ccc(-n2cccn2)cc1. The second-order valence-corrected chi connectivity index (χ2v) is 6.00. The number of carbonyl (C=O) groups is 1. The van der Waals surface area contributed by atoms with Crippen LogP contribution in [-0.2, 0) is 17.4 Å². The van der Waals surface area contributed by atoms with Crippen molar-refractivity contribution in [2.45, 2.75) is 12.6 Å². The van der Waals surface area contributed by atoms with Gasteiger partial charge in [-0.1, -0.05) is 24.3 Å². The minimum atomic E-state index is -4.53. The first-order chi connectivity index (χ1) is 13.4. The maximum absolute atomic E-state index is 12.9. The van der Waals surface area contributed by atoms with Gasteiger partial charge in [-0.15, -0.1) is 0 Å². The van der Waals surface area contributed by atoms with E-state index in [1.807, 2.05) is 36.5 Å². The molecule has 0 saturated carbocycles. The number of rotatable bonds is 7. The highest BCUT2D eigenvalue weighted by atomic mass is 19.4. The molecule has 3 rings (SSSR count). The zero-order valence-electron chi connectivity index (χ0n) is 14.8. The highest BCUT2D eigenvalue weighted by molar-refractivity contribution is 5.77. The highest BCUT2D eigenvalue weighted by Crippen LogP contribution is 2.35. The average molecular weight is 389 g/mol. The van der Waals surface area contributed by atoms with E-state index in [0.29, 0.717) is 13.0 Å². The van der Waals surface area contributed by atoms with Gasteiger partial charge in [-0.2, -0.15) is 18.3 Å². The molecule has 1 heterocycles. The van der Waals surface area contributed by atoms with Gasteiger partial charge in [-0.05, 0) is 42.3 Å². The Balaban J connectivity index is 1.45. The second kappa shape index (κ2) is 8.60. The average Bonchev–Trinajstić information content (AvgIpc) is 3.21. The maximum atomic E-state index is 12.9. The van der Waals surface area contributed by atoms with Crippen molar-refractivity contribution < 1.29 is 22.7 Å². The van der Waals surface area contributed by atoms with Gasteiger partial charge in [0.05, 0.1) is 11.3 Å². The maximum Gasteiger partial charge on any atom is 0.419 e. The Morgan fingerprint density at radius 2 is 1.82 bits per heavy atom. The fourth-order valence-corrected chi connectivity index (χ4v) is 2.60. The van der Waals surface area contributed by atoms with Crippen LogP contribution in [0.4, 0.5) is 13.2 Å². The van der Waals surface area contributed by atoms with E-state index in [-0.39, 0.29) is 5.75 Å². The number of aromatic nitrogens is 2. The molecule has 28 heavy (non-hydrogen) atoms. The fourth-order valence-electron chi connectivity index (χ4n) is 2.60. The van der Waals surface area contributed by atoms with Crippen LogP contribution in [0.25, 0.3) is 5.69 Å². The van der Waals surface area contributed by atoms with Gasteiger partial charge in [-0.25, -0.2) is 4.68 Å². The summed E-state index contributed by atoms with van der Waals surface area (Å²) in [6.07, 6.45) is -0.412. The van der Waals surface area contributed by atoms with E-state index in [4.69, 9.17) is 4.74 Å². The first-order valence-electron chi connectivity index (χ1n) is 8.58. The number of alkyl halides is 3. The quantitative estimate of drug-likeness (QED) is 0.671. The van der Waals surface area contributed by atoms with Gasteiger partial charge in [0.2, 0.25) is 0 Å². The normalized spacial score (nSPS) is 11.2. The van der Waals surface area contributed by atoms with Crippen molar-refractivity contribution >= 4 is 5.91 Å². The Bertz CT molecular complexity index is 907. The molecular formula is C20H18F3N3O2. The van der Waals surface area contributed by atoms with Gasteiger partial charge in [0.25, 0.3) is 5.91 Å². The van der Waals surface area contributed by atoms with Crippen LogP contribution in [0.15, 0.2) is 67.0 Å². The summed E-state index contributed by atoms with van der Waals surface area (Å²) in [5.74, 6) is -0.843. The predicted octanol–water partition coefficient (Wildman–Crippen LogP) is 3.63. The summed E-state index contributed by atoms with van der Waals surface area (Å²) >= 11 is 0. The molecule has 0 aliphatic heterocycles. The molecule has 146 valence electrons. The van der Waals surface area contributed by atoms with Crippen molar-refractivity contribution in [1.29, 1.82) is 0 Å². The molecule has 1 aromatic heterocycles. The predicted molar refractivity (Wildman–Crippen MR) is 97.2 cm³/mol. The van der Waals surface area contributed by atoms with Gasteiger partial charge >= 0.3 is 6.18 Å². The fraction of sp³-hybridized carbons (Fsp3) is 0.200. The molecule has 1 amide bonds. The molecule has 3 aromatic rings. The molecule has 0 saturated heterocycles. The Hall–Kier alpha value is -3.29. The number of halogens is 3. The van der Waals surface area contributed by atoms with Gasteiger partial charge in [0.1, 0.15) is 5.75 Å². The number of nitrogens with zero attached hydrogens (tertiary/aromatic N) is 2. The van der Waals surface area contributed by atoms with Crippen LogP contribution >= 0.6 is 0 Å². The van der Waals surface area contributed by atoms with Crippen molar-refractivity contribution in [3.05, 3.63) is 78.1 Å². The zero-order chi connectivity index (χ0) is 20.0. The zero-order valence-corrected chi connectivity index (χ0v) is 14.8. The highest BCUT2D eigenvalue weighted by Gasteiger charge is 2.34. The van der Waals surface area contributed by atoms with Crippen LogP contribution in [0.3, 0.4) is 0 Å². The first kappa shape index (κ1) is 19.5. The van der Waals surface area contributed by atoms with E-state index in [9.17, 15) is 18.0 Å². The number of para-hydroxylation sites is 1. The number of hydrogen-bond donors (Lipinski definition) is 1. The Labute approximate surface area is 159 Å². The summed E-state index contributed by atoms with van der Waals surface area (Å²) in [7, 11) is 0. The molecule has 0 aliphatic rings. The van der Waals surface area contributed by atoms with Gasteiger partial charge in [-0.3, -0.25) is 4.79 Å². The lowest BCUT2D eigenvalue weighted by Crippen LogP contribution is -2.30. The van der Waals surface area contributed by atoms with E-state index >= 15 is 0 Å². The molecule has 0 radical (unpaired) electrons. The third-order valence-corrected chi connectivity index (χ3v) is 3.99. The summed E-state index contributed by atoms with van der Waals surface area (Å²) in [6, 6.07) is 14.3. The van der Waals surface area contributed by atoms with Crippen LogP contribution in [0.2, 0.25) is 0 Å². The number of carbonyl (C=O) groups excluding carboxylic acids is 1. The summed E-state index contributed by atoms with van der Waals surface area (Å²) in [4.78, 5) is 11.8. The molecule has 0 aliphatic carbocycles. The van der Waals surface area contributed by atoms with Crippen LogP contribution in [-0.4, -0.2) is 28.8 Å². The van der Waals surface area contributed by atoms with Crippen LogP contribution < -0.4 is 10.1 Å². The molecule has 0 bridgehead atoms. The van der Waals surface area contributed by atoms with E-state index in [0.717, 1.165) is 17.3 Å². The van der Waals surface area contributed by atoms with E-state index < -0.39 is 24.3 Å².